The molecule has 0 saturated carbocycles. The molecule has 0 unspecified atom stereocenters. The summed E-state index contributed by atoms with van der Waals surface area (Å²) in [4.78, 5) is 13.3. The van der Waals surface area contributed by atoms with E-state index in [1.54, 1.807) is 11.3 Å². The Balaban J connectivity index is 1.82. The van der Waals surface area contributed by atoms with E-state index in [4.69, 9.17) is 0 Å². The van der Waals surface area contributed by atoms with E-state index < -0.39 is 0 Å². The predicted molar refractivity (Wildman–Crippen MR) is 70.8 cm³/mol. The van der Waals surface area contributed by atoms with Crippen molar-refractivity contribution in [3.8, 4) is 0 Å². The van der Waals surface area contributed by atoms with Gasteiger partial charge in [-0.1, -0.05) is 18.2 Å². The average Bonchev–Trinajstić information content (AvgIpc) is 2.97. The molecule has 0 N–H and O–H groups in total. The Labute approximate surface area is 105 Å². The van der Waals surface area contributed by atoms with Crippen LogP contribution in [-0.4, -0.2) is 5.78 Å². The van der Waals surface area contributed by atoms with Gasteiger partial charge in [0.05, 0.1) is 0 Å². The monoisotopic (exact) mass is 242 g/mol. The molecule has 0 fully saturated rings. The van der Waals surface area contributed by atoms with Crippen LogP contribution in [0.4, 0.5) is 0 Å². The Bertz CT molecular complexity index is 540. The average molecular weight is 242 g/mol. The smallest absolute Gasteiger partial charge is 0.168 e. The molecule has 0 spiro atoms. The maximum atomic E-state index is 12.1. The molecule has 17 heavy (non-hydrogen) atoms. The fraction of sp³-hybridized carbons (Fsp3) is 0.267. The SMILES string of the molecule is O=C(Cc1cccs1)c1ccc2c(c1)CCC2. The van der Waals surface area contributed by atoms with Gasteiger partial charge in [-0.3, -0.25) is 4.79 Å². The van der Waals surface area contributed by atoms with E-state index in [-0.39, 0.29) is 5.78 Å². The van der Waals surface area contributed by atoms with E-state index in [2.05, 4.69) is 12.1 Å². The second-order valence-corrected chi connectivity index (χ2v) is 5.55. The number of hydrogen-bond donors (Lipinski definition) is 0. The number of hydrogen-bond acceptors (Lipinski definition) is 2. The fourth-order valence-electron chi connectivity index (χ4n) is 2.42. The highest BCUT2D eigenvalue weighted by molar-refractivity contribution is 7.10. The number of fused-ring (bicyclic) bond motifs is 1. The van der Waals surface area contributed by atoms with Gasteiger partial charge in [0.15, 0.2) is 5.78 Å². The molecule has 2 aromatic rings. The highest BCUT2D eigenvalue weighted by Crippen LogP contribution is 2.23. The highest BCUT2D eigenvalue weighted by atomic mass is 32.1. The second kappa shape index (κ2) is 4.46. The summed E-state index contributed by atoms with van der Waals surface area (Å²) in [5.74, 6) is 0.238. The largest absolute Gasteiger partial charge is 0.294 e. The summed E-state index contributed by atoms with van der Waals surface area (Å²) in [6, 6.07) is 10.2. The zero-order valence-electron chi connectivity index (χ0n) is 9.61. The van der Waals surface area contributed by atoms with E-state index in [0.717, 1.165) is 16.9 Å². The summed E-state index contributed by atoms with van der Waals surface area (Å²) in [6.07, 6.45) is 4.08. The zero-order chi connectivity index (χ0) is 11.7. The number of benzene rings is 1. The topological polar surface area (TPSA) is 17.1 Å². The van der Waals surface area contributed by atoms with Gasteiger partial charge in [0.2, 0.25) is 0 Å². The Morgan fingerprint density at radius 2 is 2.06 bits per heavy atom. The minimum atomic E-state index is 0.238. The Morgan fingerprint density at radius 3 is 2.88 bits per heavy atom. The number of rotatable bonds is 3. The van der Waals surface area contributed by atoms with Crippen LogP contribution < -0.4 is 0 Å². The van der Waals surface area contributed by atoms with Crippen molar-refractivity contribution < 1.29 is 4.79 Å². The van der Waals surface area contributed by atoms with Crippen LogP contribution in [0.3, 0.4) is 0 Å². The Hall–Kier alpha value is -1.41. The van der Waals surface area contributed by atoms with Crippen LogP contribution in [0.25, 0.3) is 0 Å². The standard InChI is InChI=1S/C15H14OS/c16-15(10-14-5-2-8-17-14)13-7-6-11-3-1-4-12(11)9-13/h2,5-9H,1,3-4,10H2. The van der Waals surface area contributed by atoms with Crippen molar-refractivity contribution >= 4 is 17.1 Å². The van der Waals surface area contributed by atoms with Crippen LogP contribution in [-0.2, 0) is 19.3 Å². The first-order chi connectivity index (χ1) is 8.33. The molecule has 0 bridgehead atoms. The third-order valence-electron chi connectivity index (χ3n) is 3.34. The van der Waals surface area contributed by atoms with Gasteiger partial charge in [0.1, 0.15) is 0 Å². The molecule has 0 aliphatic heterocycles. The van der Waals surface area contributed by atoms with Crippen LogP contribution in [0.2, 0.25) is 0 Å². The van der Waals surface area contributed by atoms with E-state index >= 15 is 0 Å². The molecule has 2 heteroatoms. The first-order valence-corrected chi connectivity index (χ1v) is 6.88. The van der Waals surface area contributed by atoms with Crippen molar-refractivity contribution in [1.82, 2.24) is 0 Å². The van der Waals surface area contributed by atoms with Gasteiger partial charge in [0, 0.05) is 16.9 Å². The molecule has 1 heterocycles. The van der Waals surface area contributed by atoms with Crippen molar-refractivity contribution in [3.05, 3.63) is 57.3 Å². The summed E-state index contributed by atoms with van der Waals surface area (Å²) in [5, 5.41) is 2.02. The number of carbonyl (C=O) groups is 1. The lowest BCUT2D eigenvalue weighted by molar-refractivity contribution is 0.0993. The number of carbonyl (C=O) groups excluding carboxylic acids is 1. The second-order valence-electron chi connectivity index (χ2n) is 4.52. The van der Waals surface area contributed by atoms with Gasteiger partial charge in [-0.2, -0.15) is 0 Å². The molecule has 86 valence electrons. The van der Waals surface area contributed by atoms with Crippen molar-refractivity contribution in [2.75, 3.05) is 0 Å². The number of ketones is 1. The highest BCUT2D eigenvalue weighted by Gasteiger charge is 2.14. The lowest BCUT2D eigenvalue weighted by Gasteiger charge is -2.03. The maximum Gasteiger partial charge on any atom is 0.168 e. The van der Waals surface area contributed by atoms with Crippen LogP contribution in [0.1, 0.15) is 32.8 Å². The summed E-state index contributed by atoms with van der Waals surface area (Å²) >= 11 is 1.65. The first kappa shape index (κ1) is 10.7. The van der Waals surface area contributed by atoms with Crippen molar-refractivity contribution in [1.29, 1.82) is 0 Å². The van der Waals surface area contributed by atoms with Crippen molar-refractivity contribution in [2.24, 2.45) is 0 Å². The van der Waals surface area contributed by atoms with E-state index in [0.29, 0.717) is 6.42 Å². The van der Waals surface area contributed by atoms with Gasteiger partial charge in [-0.15, -0.1) is 11.3 Å². The molecule has 0 saturated heterocycles. The third-order valence-corrected chi connectivity index (χ3v) is 4.21. The summed E-state index contributed by atoms with van der Waals surface area (Å²) in [5.41, 5.74) is 3.68. The molecule has 0 atom stereocenters. The Morgan fingerprint density at radius 1 is 1.18 bits per heavy atom. The molecule has 1 aromatic carbocycles. The lowest BCUT2D eigenvalue weighted by atomic mass is 10.0. The van der Waals surface area contributed by atoms with Crippen LogP contribution in [0.5, 0.6) is 0 Å². The molecule has 1 nitrogen and oxygen atoms in total. The summed E-state index contributed by atoms with van der Waals surface area (Å²) in [6.45, 7) is 0. The molecular weight excluding hydrogens is 228 g/mol. The predicted octanol–water partition coefficient (Wildman–Crippen LogP) is 3.66. The van der Waals surface area contributed by atoms with Crippen LogP contribution >= 0.6 is 11.3 Å². The minimum absolute atomic E-state index is 0.238. The van der Waals surface area contributed by atoms with Gasteiger partial charge >= 0.3 is 0 Å². The molecule has 1 aliphatic carbocycles. The van der Waals surface area contributed by atoms with Gasteiger partial charge in [0.25, 0.3) is 0 Å². The molecule has 1 aliphatic rings. The quantitative estimate of drug-likeness (QED) is 0.751. The molecule has 0 amide bonds. The minimum Gasteiger partial charge on any atom is -0.294 e. The number of aryl methyl sites for hydroxylation is 2. The molecule has 1 aromatic heterocycles. The van der Waals surface area contributed by atoms with Gasteiger partial charge in [-0.25, -0.2) is 0 Å². The maximum absolute atomic E-state index is 12.1. The normalized spacial score (nSPS) is 13.6. The van der Waals surface area contributed by atoms with Gasteiger partial charge in [-0.05, 0) is 47.9 Å². The van der Waals surface area contributed by atoms with E-state index in [1.165, 1.54) is 24.0 Å². The van der Waals surface area contributed by atoms with E-state index in [1.807, 2.05) is 23.6 Å². The van der Waals surface area contributed by atoms with Gasteiger partial charge < -0.3 is 0 Å². The number of thiophene rings is 1. The van der Waals surface area contributed by atoms with E-state index in [9.17, 15) is 4.79 Å². The Kier molecular flexibility index (Phi) is 2.81. The fourth-order valence-corrected chi connectivity index (χ4v) is 3.12. The molecule has 3 rings (SSSR count). The van der Waals surface area contributed by atoms with Crippen LogP contribution in [0, 0.1) is 0 Å². The van der Waals surface area contributed by atoms with Crippen molar-refractivity contribution in [3.63, 3.8) is 0 Å². The molecule has 0 radical (unpaired) electrons. The summed E-state index contributed by atoms with van der Waals surface area (Å²) < 4.78 is 0. The van der Waals surface area contributed by atoms with Crippen molar-refractivity contribution in [2.45, 2.75) is 25.7 Å². The lowest BCUT2D eigenvalue weighted by Crippen LogP contribution is -2.03. The van der Waals surface area contributed by atoms with Crippen LogP contribution in [0.15, 0.2) is 35.7 Å². The zero-order valence-corrected chi connectivity index (χ0v) is 10.4. The number of Topliss-reactive ketones (excluding diaryl/α,β-unsaturated/α-hetero) is 1. The molecular formula is C15H14OS. The summed E-state index contributed by atoms with van der Waals surface area (Å²) in [7, 11) is 0. The third kappa shape index (κ3) is 2.18. The first-order valence-electron chi connectivity index (χ1n) is 6.00.